The molecule has 0 spiro atoms. The number of sulfonamides is 1. The number of hydrogen-bond acceptors (Lipinski definition) is 3. The van der Waals surface area contributed by atoms with Crippen LogP contribution in [0.25, 0.3) is 5.57 Å². The number of hydrogen-bond donors (Lipinski definition) is 1. The molecule has 0 aliphatic carbocycles. The summed E-state index contributed by atoms with van der Waals surface area (Å²) in [5, 5.41) is 4.96. The molecule has 4 nitrogen and oxygen atoms in total. The maximum Gasteiger partial charge on any atom is 0.415 e. The Kier molecular flexibility index (Phi) is 6.52. The van der Waals surface area contributed by atoms with Gasteiger partial charge in [-0.3, -0.25) is 4.79 Å². The van der Waals surface area contributed by atoms with Gasteiger partial charge in [-0.05, 0) is 35.4 Å². The van der Waals surface area contributed by atoms with Crippen LogP contribution < -0.4 is 5.14 Å². The van der Waals surface area contributed by atoms with Gasteiger partial charge < -0.3 is 0 Å². The Bertz CT molecular complexity index is 1120. The largest absolute Gasteiger partial charge is 0.415 e. The number of rotatable bonds is 6. The van der Waals surface area contributed by atoms with Crippen LogP contribution in [0.4, 0.5) is 13.2 Å². The van der Waals surface area contributed by atoms with Crippen molar-refractivity contribution in [3.63, 3.8) is 0 Å². The van der Waals surface area contributed by atoms with E-state index in [-0.39, 0.29) is 26.6 Å². The number of ketones is 1. The van der Waals surface area contributed by atoms with Gasteiger partial charge in [0, 0.05) is 16.7 Å². The van der Waals surface area contributed by atoms with Crippen LogP contribution in [0.2, 0.25) is 5.02 Å². The van der Waals surface area contributed by atoms with Gasteiger partial charge >= 0.3 is 6.18 Å². The van der Waals surface area contributed by atoms with E-state index in [2.05, 4.69) is 13.2 Å². The van der Waals surface area contributed by atoms with Crippen LogP contribution in [0.3, 0.4) is 0 Å². The number of primary sulfonamides is 1. The monoisotopic (exact) mass is 441 g/mol. The number of halogens is 4. The van der Waals surface area contributed by atoms with Gasteiger partial charge in [-0.2, -0.15) is 13.2 Å². The second kappa shape index (κ2) is 8.36. The van der Waals surface area contributed by atoms with Crippen molar-refractivity contribution in [3.05, 3.63) is 95.1 Å². The summed E-state index contributed by atoms with van der Waals surface area (Å²) in [6.45, 7) is 6.48. The lowest BCUT2D eigenvalue weighted by Crippen LogP contribution is -2.14. The molecule has 0 bridgehead atoms. The smallest absolute Gasteiger partial charge is 0.289 e. The van der Waals surface area contributed by atoms with Gasteiger partial charge in [0.15, 0.2) is 5.78 Å². The standard InChI is InChI=1S/C20H15ClF3NO3S/c1-3-13(10-12(2)20(22,23)24)14-4-6-15(7-5-14)19(26)16-8-9-17(21)18(11-16)29(25,27)28/h3-11H,1-2H2,(H2,25,27,28)/b13-10+. The van der Waals surface area contributed by atoms with Crippen LogP contribution >= 0.6 is 11.6 Å². The molecule has 0 unspecified atom stereocenters. The highest BCUT2D eigenvalue weighted by atomic mass is 35.5. The maximum atomic E-state index is 12.7. The molecule has 2 aromatic rings. The highest BCUT2D eigenvalue weighted by Gasteiger charge is 2.30. The van der Waals surface area contributed by atoms with Crippen molar-refractivity contribution >= 4 is 33.0 Å². The molecule has 0 aliphatic rings. The van der Waals surface area contributed by atoms with Gasteiger partial charge in [-0.1, -0.05) is 55.1 Å². The van der Waals surface area contributed by atoms with E-state index in [1.165, 1.54) is 42.5 Å². The molecular weight excluding hydrogens is 427 g/mol. The fourth-order valence-electron chi connectivity index (χ4n) is 2.37. The van der Waals surface area contributed by atoms with E-state index in [9.17, 15) is 26.4 Å². The lowest BCUT2D eigenvalue weighted by atomic mass is 9.98. The molecule has 0 amide bonds. The third kappa shape index (κ3) is 5.44. The van der Waals surface area contributed by atoms with Crippen LogP contribution in [0.1, 0.15) is 21.5 Å². The molecule has 152 valence electrons. The zero-order valence-electron chi connectivity index (χ0n) is 14.8. The first kappa shape index (κ1) is 22.6. The first-order chi connectivity index (χ1) is 13.3. The normalized spacial score (nSPS) is 12.5. The molecule has 0 radical (unpaired) electrons. The summed E-state index contributed by atoms with van der Waals surface area (Å²) in [5.74, 6) is -0.512. The highest BCUT2D eigenvalue weighted by Crippen LogP contribution is 2.29. The molecular formula is C20H15ClF3NO3S. The first-order valence-electron chi connectivity index (χ1n) is 7.92. The summed E-state index contributed by atoms with van der Waals surface area (Å²) in [6.07, 6.45) is -2.48. The summed E-state index contributed by atoms with van der Waals surface area (Å²) in [6, 6.07) is 9.34. The Labute approximate surface area is 170 Å². The molecule has 2 rings (SSSR count). The van der Waals surface area contributed by atoms with Crippen molar-refractivity contribution in [3.8, 4) is 0 Å². The van der Waals surface area contributed by atoms with Crippen molar-refractivity contribution in [1.82, 2.24) is 0 Å². The fraction of sp³-hybridized carbons (Fsp3) is 0.0500. The molecule has 0 saturated carbocycles. The molecule has 0 saturated heterocycles. The van der Waals surface area contributed by atoms with E-state index in [4.69, 9.17) is 16.7 Å². The second-order valence-corrected chi connectivity index (χ2v) is 7.86. The van der Waals surface area contributed by atoms with E-state index >= 15 is 0 Å². The Morgan fingerprint density at radius 1 is 1.03 bits per heavy atom. The van der Waals surface area contributed by atoms with Gasteiger partial charge in [-0.15, -0.1) is 0 Å². The van der Waals surface area contributed by atoms with Crippen molar-refractivity contribution in [2.45, 2.75) is 11.1 Å². The van der Waals surface area contributed by atoms with Gasteiger partial charge in [-0.25, -0.2) is 13.6 Å². The van der Waals surface area contributed by atoms with Gasteiger partial charge in [0.2, 0.25) is 10.0 Å². The number of alkyl halides is 3. The summed E-state index contributed by atoms with van der Waals surface area (Å²) < 4.78 is 61.2. The number of carbonyl (C=O) groups is 1. The molecule has 0 aromatic heterocycles. The number of nitrogens with two attached hydrogens (primary N) is 1. The zero-order valence-corrected chi connectivity index (χ0v) is 16.4. The Balaban J connectivity index is 2.38. The van der Waals surface area contributed by atoms with Crippen LogP contribution in [0.5, 0.6) is 0 Å². The van der Waals surface area contributed by atoms with Crippen LogP contribution in [-0.2, 0) is 10.0 Å². The summed E-state index contributed by atoms with van der Waals surface area (Å²) >= 11 is 5.80. The molecule has 0 fully saturated rings. The predicted molar refractivity (Wildman–Crippen MR) is 106 cm³/mol. The van der Waals surface area contributed by atoms with Crippen LogP contribution in [0.15, 0.2) is 78.2 Å². The Morgan fingerprint density at radius 3 is 2.03 bits per heavy atom. The SMILES string of the molecule is C=C/C(=C\C(=C)C(F)(F)F)c1ccc(C(=O)c2ccc(Cl)c(S(N)(=O)=O)c2)cc1. The lowest BCUT2D eigenvalue weighted by Gasteiger charge is -2.09. The number of benzene rings is 2. The molecule has 0 heterocycles. The summed E-state index contributed by atoms with van der Waals surface area (Å²) in [7, 11) is -4.12. The van der Waals surface area contributed by atoms with E-state index < -0.39 is 27.6 Å². The molecule has 2 N–H and O–H groups in total. The van der Waals surface area contributed by atoms with E-state index in [0.717, 1.165) is 12.1 Å². The van der Waals surface area contributed by atoms with Gasteiger partial charge in [0.05, 0.1) is 5.02 Å². The van der Waals surface area contributed by atoms with Gasteiger partial charge in [0.1, 0.15) is 4.90 Å². The summed E-state index contributed by atoms with van der Waals surface area (Å²) in [5.41, 5.74) is -0.243. The maximum absolute atomic E-state index is 12.7. The third-order valence-electron chi connectivity index (χ3n) is 3.89. The lowest BCUT2D eigenvalue weighted by molar-refractivity contribution is -0.0877. The highest BCUT2D eigenvalue weighted by molar-refractivity contribution is 7.89. The van der Waals surface area contributed by atoms with Gasteiger partial charge in [0.25, 0.3) is 0 Å². The molecule has 0 aliphatic heterocycles. The second-order valence-electron chi connectivity index (χ2n) is 5.92. The minimum Gasteiger partial charge on any atom is -0.289 e. The topological polar surface area (TPSA) is 77.2 Å². The molecule has 2 aromatic carbocycles. The quantitative estimate of drug-likeness (QED) is 0.511. The average molecular weight is 442 g/mol. The number of carbonyl (C=O) groups excluding carboxylic acids is 1. The summed E-state index contributed by atoms with van der Waals surface area (Å²) in [4.78, 5) is 12.2. The predicted octanol–water partition coefficient (Wildman–Crippen LogP) is 4.91. The molecule has 0 atom stereocenters. The minimum atomic E-state index is -4.57. The average Bonchev–Trinajstić information content (AvgIpc) is 2.64. The van der Waals surface area contributed by atoms with Crippen molar-refractivity contribution in [1.29, 1.82) is 0 Å². The van der Waals surface area contributed by atoms with Crippen molar-refractivity contribution in [2.24, 2.45) is 5.14 Å². The van der Waals surface area contributed by atoms with E-state index in [1.54, 1.807) is 0 Å². The van der Waals surface area contributed by atoms with Crippen molar-refractivity contribution < 1.29 is 26.4 Å². The number of allylic oxidation sites excluding steroid dienone is 4. The Hall–Kier alpha value is -2.68. The van der Waals surface area contributed by atoms with E-state index in [0.29, 0.717) is 5.56 Å². The van der Waals surface area contributed by atoms with Crippen LogP contribution in [-0.4, -0.2) is 20.4 Å². The zero-order chi connectivity index (χ0) is 22.0. The third-order valence-corrected chi connectivity index (χ3v) is 5.29. The minimum absolute atomic E-state index is 0.0381. The Morgan fingerprint density at radius 2 is 1.55 bits per heavy atom. The molecule has 29 heavy (non-hydrogen) atoms. The van der Waals surface area contributed by atoms with Crippen molar-refractivity contribution in [2.75, 3.05) is 0 Å². The van der Waals surface area contributed by atoms with Crippen LogP contribution in [0, 0.1) is 0 Å². The first-order valence-corrected chi connectivity index (χ1v) is 9.84. The molecule has 9 heteroatoms. The fourth-order valence-corrected chi connectivity index (χ4v) is 3.44. The van der Waals surface area contributed by atoms with E-state index in [1.807, 2.05) is 0 Å².